The van der Waals surface area contributed by atoms with Gasteiger partial charge in [-0.15, -0.1) is 0 Å². The SMILES string of the molecule is CC(C)(C)OC(=O)N1C[C@@H]2C=C(c3ccc(N4CC[C@@H](Oc5c(F)ccc(F)c5Cl)C4)nc3)C(C(=O)O)[C@H](C1)N2C(=O)OC(C)(C)C. The number of rotatable bonds is 5. The number of carbonyl (C=O) groups excluding carboxylic acids is 2. The Morgan fingerprint density at radius 3 is 2.21 bits per heavy atom. The molecule has 1 N–H and O–H groups in total. The highest BCUT2D eigenvalue weighted by Gasteiger charge is 2.51. The lowest BCUT2D eigenvalue weighted by Gasteiger charge is -2.50. The topological polar surface area (TPSA) is 122 Å². The fourth-order valence-electron chi connectivity index (χ4n) is 6.06. The molecule has 1 aromatic heterocycles. The molecule has 2 aromatic rings. The highest BCUT2D eigenvalue weighted by molar-refractivity contribution is 6.32. The Morgan fingerprint density at radius 2 is 1.60 bits per heavy atom. The summed E-state index contributed by atoms with van der Waals surface area (Å²) in [5.41, 5.74) is -0.574. The zero-order valence-electron chi connectivity index (χ0n) is 27.1. The molecule has 254 valence electrons. The van der Waals surface area contributed by atoms with Crippen LogP contribution in [0.25, 0.3) is 5.57 Å². The molecule has 2 saturated heterocycles. The number of carboxylic acid groups (broad SMARTS) is 1. The van der Waals surface area contributed by atoms with Crippen molar-refractivity contribution in [3.63, 3.8) is 0 Å². The van der Waals surface area contributed by atoms with Gasteiger partial charge in [-0.1, -0.05) is 17.7 Å². The Kier molecular flexibility index (Phi) is 9.33. The minimum atomic E-state index is -1.20. The van der Waals surface area contributed by atoms with E-state index in [9.17, 15) is 28.3 Å². The summed E-state index contributed by atoms with van der Waals surface area (Å²) in [5, 5.41) is 10.1. The van der Waals surface area contributed by atoms with Gasteiger partial charge in [0.1, 0.15) is 39.9 Å². The normalized spacial score (nSPS) is 22.9. The van der Waals surface area contributed by atoms with E-state index < -0.39 is 70.1 Å². The Hall–Kier alpha value is -4.13. The van der Waals surface area contributed by atoms with Crippen LogP contribution >= 0.6 is 11.6 Å². The van der Waals surface area contributed by atoms with Gasteiger partial charge < -0.3 is 29.1 Å². The molecule has 11 nitrogen and oxygen atoms in total. The summed E-state index contributed by atoms with van der Waals surface area (Å²) in [4.78, 5) is 48.7. The predicted molar refractivity (Wildman–Crippen MR) is 169 cm³/mol. The zero-order chi connectivity index (χ0) is 34.4. The lowest BCUT2D eigenvalue weighted by atomic mass is 9.79. The number of aliphatic carboxylic acids is 1. The van der Waals surface area contributed by atoms with E-state index >= 15 is 0 Å². The molecule has 2 fully saturated rings. The first-order valence-electron chi connectivity index (χ1n) is 15.4. The molecule has 1 unspecified atom stereocenters. The van der Waals surface area contributed by atoms with Crippen molar-refractivity contribution in [2.24, 2.45) is 5.92 Å². The van der Waals surface area contributed by atoms with Crippen LogP contribution in [0, 0.1) is 17.6 Å². The van der Waals surface area contributed by atoms with Crippen LogP contribution in [0.5, 0.6) is 5.75 Å². The van der Waals surface area contributed by atoms with Gasteiger partial charge >= 0.3 is 18.2 Å². The average molecular weight is 677 g/mol. The Morgan fingerprint density at radius 1 is 0.936 bits per heavy atom. The number of piperazine rings is 1. The minimum absolute atomic E-state index is 0.0738. The first-order valence-corrected chi connectivity index (χ1v) is 15.7. The summed E-state index contributed by atoms with van der Waals surface area (Å²) in [6.07, 6.45) is 2.03. The van der Waals surface area contributed by atoms with Gasteiger partial charge in [-0.05, 0) is 76.9 Å². The third kappa shape index (κ3) is 7.55. The number of hydrogen-bond acceptors (Lipinski definition) is 8. The van der Waals surface area contributed by atoms with Crippen LogP contribution in [0.2, 0.25) is 5.02 Å². The van der Waals surface area contributed by atoms with Crippen LogP contribution in [0.3, 0.4) is 0 Å². The molecule has 3 aliphatic heterocycles. The van der Waals surface area contributed by atoms with Crippen molar-refractivity contribution in [3.8, 4) is 5.75 Å². The van der Waals surface area contributed by atoms with Gasteiger partial charge in [0.2, 0.25) is 0 Å². The zero-order valence-corrected chi connectivity index (χ0v) is 27.9. The molecular formula is C33H39ClF2N4O7. The second kappa shape index (κ2) is 12.8. The first-order chi connectivity index (χ1) is 21.9. The molecule has 1 aromatic carbocycles. The molecule has 2 amide bonds. The van der Waals surface area contributed by atoms with Crippen molar-refractivity contribution in [2.75, 3.05) is 31.1 Å². The van der Waals surface area contributed by atoms with E-state index in [4.69, 9.17) is 25.8 Å². The van der Waals surface area contributed by atoms with Crippen molar-refractivity contribution in [3.05, 3.63) is 58.8 Å². The smallest absolute Gasteiger partial charge is 0.411 e. The van der Waals surface area contributed by atoms with Crippen molar-refractivity contribution in [1.29, 1.82) is 0 Å². The molecule has 2 bridgehead atoms. The molecule has 0 spiro atoms. The number of hydrogen-bond donors (Lipinski definition) is 1. The summed E-state index contributed by atoms with van der Waals surface area (Å²) in [6, 6.07) is 3.77. The number of carbonyl (C=O) groups is 3. The summed E-state index contributed by atoms with van der Waals surface area (Å²) < 4.78 is 45.1. The summed E-state index contributed by atoms with van der Waals surface area (Å²) in [7, 11) is 0. The van der Waals surface area contributed by atoms with Crippen LogP contribution in [-0.2, 0) is 14.3 Å². The number of halogens is 3. The molecular weight excluding hydrogens is 638 g/mol. The molecule has 14 heteroatoms. The van der Waals surface area contributed by atoms with Crippen molar-refractivity contribution >= 4 is 41.1 Å². The molecule has 4 atom stereocenters. The highest BCUT2D eigenvalue weighted by Crippen LogP contribution is 2.40. The van der Waals surface area contributed by atoms with E-state index in [0.717, 1.165) is 12.1 Å². The van der Waals surface area contributed by atoms with Crippen LogP contribution in [-0.4, -0.2) is 93.6 Å². The standard InChI is InChI=1S/C33H39ClF2N4O7/c1-32(2,3)46-30(43)39-15-19-13-21(26(29(41)42)24(17-39)40(19)31(44)47-33(4,5)6)18-7-10-25(37-14-18)38-12-11-20(16-38)45-28-23(36)9-8-22(35)27(28)34/h7-10,13-14,19-20,24,26H,11-12,15-17H2,1-6H3,(H,41,42)/t19-,20+,24-,26?/m0/s1. The van der Waals surface area contributed by atoms with Gasteiger partial charge in [0, 0.05) is 32.3 Å². The summed E-state index contributed by atoms with van der Waals surface area (Å²) >= 11 is 5.93. The molecule has 0 radical (unpaired) electrons. The van der Waals surface area contributed by atoms with Crippen molar-refractivity contribution < 1.29 is 42.5 Å². The predicted octanol–water partition coefficient (Wildman–Crippen LogP) is 5.99. The highest BCUT2D eigenvalue weighted by atomic mass is 35.5. The number of anilines is 1. The van der Waals surface area contributed by atoms with E-state index in [1.807, 2.05) is 4.90 Å². The quantitative estimate of drug-likeness (QED) is 0.381. The molecule has 0 aliphatic carbocycles. The maximum Gasteiger partial charge on any atom is 0.411 e. The van der Waals surface area contributed by atoms with Crippen LogP contribution in [0.4, 0.5) is 24.2 Å². The average Bonchev–Trinajstić information content (AvgIpc) is 3.43. The third-order valence-corrected chi connectivity index (χ3v) is 8.33. The summed E-state index contributed by atoms with van der Waals surface area (Å²) in [6.45, 7) is 11.3. The van der Waals surface area contributed by atoms with Gasteiger partial charge in [0.25, 0.3) is 0 Å². The van der Waals surface area contributed by atoms with E-state index in [0.29, 0.717) is 36.5 Å². The number of pyridine rings is 1. The maximum atomic E-state index is 14.3. The minimum Gasteiger partial charge on any atom is -0.484 e. The number of fused-ring (bicyclic) bond motifs is 2. The van der Waals surface area contributed by atoms with E-state index in [2.05, 4.69) is 4.98 Å². The number of benzene rings is 1. The Bertz CT molecular complexity index is 1570. The monoisotopic (exact) mass is 676 g/mol. The van der Waals surface area contributed by atoms with E-state index in [1.165, 1.54) is 9.80 Å². The second-order valence-corrected chi connectivity index (χ2v) is 14.3. The Labute approximate surface area is 277 Å². The lowest BCUT2D eigenvalue weighted by molar-refractivity contribution is -0.143. The molecule has 3 aliphatic rings. The largest absolute Gasteiger partial charge is 0.484 e. The number of ether oxygens (including phenoxy) is 3. The lowest BCUT2D eigenvalue weighted by Crippen LogP contribution is -2.66. The van der Waals surface area contributed by atoms with Crippen LogP contribution < -0.4 is 9.64 Å². The maximum absolute atomic E-state index is 14.3. The van der Waals surface area contributed by atoms with Crippen molar-refractivity contribution in [2.45, 2.75) is 77.4 Å². The van der Waals surface area contributed by atoms with Crippen molar-refractivity contribution in [1.82, 2.24) is 14.8 Å². The number of nitrogens with zero attached hydrogens (tertiary/aromatic N) is 4. The second-order valence-electron chi connectivity index (χ2n) is 13.9. The van der Waals surface area contributed by atoms with Gasteiger partial charge in [-0.2, -0.15) is 0 Å². The first kappa shape index (κ1) is 34.2. The molecule has 4 heterocycles. The van der Waals surface area contributed by atoms with Gasteiger partial charge in [0.15, 0.2) is 11.6 Å². The number of carboxylic acids is 1. The van der Waals surface area contributed by atoms with Crippen LogP contribution in [0.15, 0.2) is 36.5 Å². The third-order valence-electron chi connectivity index (χ3n) is 7.98. The molecule has 47 heavy (non-hydrogen) atoms. The Balaban J connectivity index is 1.39. The van der Waals surface area contributed by atoms with E-state index in [-0.39, 0.29) is 18.8 Å². The van der Waals surface area contributed by atoms with Gasteiger partial charge in [-0.25, -0.2) is 23.4 Å². The summed E-state index contributed by atoms with van der Waals surface area (Å²) in [5.74, 6) is -3.65. The fourth-order valence-corrected chi connectivity index (χ4v) is 6.26. The fraction of sp³-hybridized carbons (Fsp3) is 0.515. The number of aromatic nitrogens is 1. The molecule has 0 saturated carbocycles. The van der Waals surface area contributed by atoms with Gasteiger partial charge in [-0.3, -0.25) is 9.69 Å². The van der Waals surface area contributed by atoms with Crippen LogP contribution in [0.1, 0.15) is 53.5 Å². The number of amides is 2. The van der Waals surface area contributed by atoms with E-state index in [1.54, 1.807) is 65.9 Å². The van der Waals surface area contributed by atoms with Gasteiger partial charge in [0.05, 0.1) is 18.6 Å². The molecule has 5 rings (SSSR count).